The topological polar surface area (TPSA) is 91.2 Å². The molecule has 2 N–H and O–H groups in total. The molecule has 3 aromatic heterocycles. The first kappa shape index (κ1) is 13.1. The van der Waals surface area contributed by atoms with Crippen molar-refractivity contribution in [2.45, 2.75) is 25.7 Å². The highest BCUT2D eigenvalue weighted by Crippen LogP contribution is 2.35. The lowest BCUT2D eigenvalue weighted by Gasteiger charge is -2.19. The second kappa shape index (κ2) is 5.00. The molecule has 9 heteroatoms. The zero-order valence-electron chi connectivity index (χ0n) is 11.4. The van der Waals surface area contributed by atoms with Crippen molar-refractivity contribution in [2.24, 2.45) is 0 Å². The van der Waals surface area contributed by atoms with Crippen molar-refractivity contribution in [3.05, 3.63) is 11.5 Å². The van der Waals surface area contributed by atoms with Crippen LogP contribution in [0.5, 0.6) is 0 Å². The van der Waals surface area contributed by atoms with Gasteiger partial charge in [0.2, 0.25) is 4.96 Å². The van der Waals surface area contributed by atoms with Crippen LogP contribution >= 0.6 is 22.7 Å². The van der Waals surface area contributed by atoms with Crippen LogP contribution in [0.1, 0.15) is 30.3 Å². The van der Waals surface area contributed by atoms with Gasteiger partial charge in [0.25, 0.3) is 0 Å². The molecule has 0 atom stereocenters. The molecule has 0 aliphatic carbocycles. The van der Waals surface area contributed by atoms with Gasteiger partial charge in [-0.1, -0.05) is 22.7 Å². The molecule has 0 radical (unpaired) electrons. The third kappa shape index (κ3) is 2.21. The number of thiazole rings is 1. The first-order chi connectivity index (χ1) is 10.2. The molecular formula is C12H14N6OS2. The average Bonchev–Trinajstić information content (AvgIpc) is 3.13. The minimum atomic E-state index is 0.372. The fourth-order valence-corrected chi connectivity index (χ4v) is 4.35. The lowest BCUT2D eigenvalue weighted by Crippen LogP contribution is -2.16. The fraction of sp³-hybridized carbons (Fsp3) is 0.500. The fourth-order valence-electron chi connectivity index (χ4n) is 2.55. The largest absolute Gasteiger partial charge is 0.381 e. The Bertz CT molecular complexity index is 785. The SMILES string of the molecule is Cc1nc(N)sc1-c1nn2c(C3CCOCC3)nnc2s1. The van der Waals surface area contributed by atoms with E-state index in [1.54, 1.807) is 0 Å². The number of anilines is 1. The van der Waals surface area contributed by atoms with Gasteiger partial charge in [0.1, 0.15) is 0 Å². The Balaban J connectivity index is 1.76. The summed E-state index contributed by atoms with van der Waals surface area (Å²) in [6.07, 6.45) is 1.94. The van der Waals surface area contributed by atoms with Gasteiger partial charge >= 0.3 is 0 Å². The Hall–Kier alpha value is -1.58. The van der Waals surface area contributed by atoms with Crippen molar-refractivity contribution < 1.29 is 4.74 Å². The van der Waals surface area contributed by atoms with Gasteiger partial charge in [-0.25, -0.2) is 4.98 Å². The average molecular weight is 322 g/mol. The zero-order chi connectivity index (χ0) is 14.4. The molecule has 0 bridgehead atoms. The molecular weight excluding hydrogens is 308 g/mol. The van der Waals surface area contributed by atoms with Gasteiger partial charge in [-0.3, -0.25) is 0 Å². The van der Waals surface area contributed by atoms with Gasteiger partial charge in [-0.2, -0.15) is 9.61 Å². The standard InChI is InChI=1S/C12H14N6OS2/c1-6-8(20-11(13)14-6)10-17-18-9(15-16-12(18)21-10)7-2-4-19-5-3-7/h7H,2-5H2,1H3,(H2,13,14). The summed E-state index contributed by atoms with van der Waals surface area (Å²) in [5, 5.41) is 14.7. The zero-order valence-corrected chi connectivity index (χ0v) is 13.1. The Morgan fingerprint density at radius 2 is 2.05 bits per heavy atom. The van der Waals surface area contributed by atoms with Crippen molar-refractivity contribution in [2.75, 3.05) is 18.9 Å². The molecule has 1 aliphatic heterocycles. The van der Waals surface area contributed by atoms with Crippen LogP contribution in [0.4, 0.5) is 5.13 Å². The number of fused-ring (bicyclic) bond motifs is 1. The summed E-state index contributed by atoms with van der Waals surface area (Å²) in [7, 11) is 0. The van der Waals surface area contributed by atoms with Crippen molar-refractivity contribution >= 4 is 32.8 Å². The number of aromatic nitrogens is 5. The van der Waals surface area contributed by atoms with Crippen LogP contribution in [0, 0.1) is 6.92 Å². The van der Waals surface area contributed by atoms with Crippen LogP contribution in [0.25, 0.3) is 14.8 Å². The Morgan fingerprint density at radius 1 is 1.24 bits per heavy atom. The summed E-state index contributed by atoms with van der Waals surface area (Å²) in [6, 6.07) is 0. The molecule has 1 saturated heterocycles. The molecule has 0 aromatic carbocycles. The summed E-state index contributed by atoms with van der Waals surface area (Å²) in [5.74, 6) is 1.31. The first-order valence-corrected chi connectivity index (χ1v) is 8.39. The number of hydrogen-bond acceptors (Lipinski definition) is 8. The molecule has 1 aliphatic rings. The van der Waals surface area contributed by atoms with Crippen LogP contribution in [0.3, 0.4) is 0 Å². The van der Waals surface area contributed by atoms with Crippen molar-refractivity contribution in [3.8, 4) is 9.88 Å². The maximum atomic E-state index is 5.77. The molecule has 1 fully saturated rings. The lowest BCUT2D eigenvalue weighted by molar-refractivity contribution is 0.0832. The van der Waals surface area contributed by atoms with Gasteiger partial charge in [-0.05, 0) is 19.8 Å². The minimum absolute atomic E-state index is 0.372. The number of nitrogens with two attached hydrogens (primary N) is 1. The number of hydrogen-bond donors (Lipinski definition) is 1. The molecule has 21 heavy (non-hydrogen) atoms. The Kier molecular flexibility index (Phi) is 3.12. The van der Waals surface area contributed by atoms with Crippen LogP contribution < -0.4 is 5.73 Å². The summed E-state index contributed by atoms with van der Waals surface area (Å²) in [5.41, 5.74) is 6.68. The van der Waals surface area contributed by atoms with E-state index in [4.69, 9.17) is 10.5 Å². The number of nitrogens with zero attached hydrogens (tertiary/aromatic N) is 5. The maximum absolute atomic E-state index is 5.77. The quantitative estimate of drug-likeness (QED) is 0.777. The maximum Gasteiger partial charge on any atom is 0.235 e. The minimum Gasteiger partial charge on any atom is -0.381 e. The predicted molar refractivity (Wildman–Crippen MR) is 81.7 cm³/mol. The first-order valence-electron chi connectivity index (χ1n) is 6.75. The van der Waals surface area contributed by atoms with E-state index in [1.165, 1.54) is 22.7 Å². The van der Waals surface area contributed by atoms with E-state index in [2.05, 4.69) is 20.3 Å². The summed E-state index contributed by atoms with van der Waals surface area (Å²) in [6.45, 7) is 3.51. The molecule has 0 spiro atoms. The van der Waals surface area contributed by atoms with Crippen LogP contribution in [0.15, 0.2) is 0 Å². The second-order valence-corrected chi connectivity index (χ2v) is 7.00. The molecule has 7 nitrogen and oxygen atoms in total. The van der Waals surface area contributed by atoms with E-state index in [1.807, 2.05) is 11.4 Å². The summed E-state index contributed by atoms with van der Waals surface area (Å²) in [4.78, 5) is 6.09. The summed E-state index contributed by atoms with van der Waals surface area (Å²) >= 11 is 2.99. The van der Waals surface area contributed by atoms with Crippen LogP contribution in [0.2, 0.25) is 0 Å². The molecule has 0 unspecified atom stereocenters. The van der Waals surface area contributed by atoms with Crippen LogP contribution in [-0.2, 0) is 4.74 Å². The van der Waals surface area contributed by atoms with Gasteiger partial charge in [-0.15, -0.1) is 10.2 Å². The molecule has 0 saturated carbocycles. The second-order valence-electron chi connectivity index (χ2n) is 5.01. The molecule has 4 rings (SSSR count). The molecule has 4 heterocycles. The van der Waals surface area contributed by atoms with Gasteiger partial charge in [0, 0.05) is 19.1 Å². The van der Waals surface area contributed by atoms with E-state index in [0.29, 0.717) is 11.0 Å². The molecule has 3 aromatic rings. The number of rotatable bonds is 2. The lowest BCUT2D eigenvalue weighted by atomic mass is 10.00. The summed E-state index contributed by atoms with van der Waals surface area (Å²) < 4.78 is 7.27. The highest BCUT2D eigenvalue weighted by Gasteiger charge is 2.24. The predicted octanol–water partition coefficient (Wildman–Crippen LogP) is 2.09. The number of ether oxygens (including phenoxy) is 1. The van der Waals surface area contributed by atoms with Crippen molar-refractivity contribution in [1.29, 1.82) is 0 Å². The van der Waals surface area contributed by atoms with Gasteiger partial charge < -0.3 is 10.5 Å². The highest BCUT2D eigenvalue weighted by molar-refractivity contribution is 7.25. The smallest absolute Gasteiger partial charge is 0.235 e. The highest BCUT2D eigenvalue weighted by atomic mass is 32.1. The van der Waals surface area contributed by atoms with E-state index >= 15 is 0 Å². The molecule has 110 valence electrons. The van der Waals surface area contributed by atoms with Gasteiger partial charge in [0.05, 0.1) is 10.6 Å². The monoisotopic (exact) mass is 322 g/mol. The van der Waals surface area contributed by atoms with Crippen molar-refractivity contribution in [1.82, 2.24) is 24.8 Å². The third-order valence-electron chi connectivity index (χ3n) is 3.61. The Morgan fingerprint density at radius 3 is 2.76 bits per heavy atom. The van der Waals surface area contributed by atoms with E-state index < -0.39 is 0 Å². The number of nitrogen functional groups attached to an aromatic ring is 1. The third-order valence-corrected chi connectivity index (χ3v) is 5.65. The van der Waals surface area contributed by atoms with Crippen molar-refractivity contribution in [3.63, 3.8) is 0 Å². The number of aryl methyl sites for hydroxylation is 1. The normalized spacial score (nSPS) is 16.8. The van der Waals surface area contributed by atoms with Gasteiger partial charge in [0.15, 0.2) is 16.0 Å². The van der Waals surface area contributed by atoms with Crippen LogP contribution in [-0.4, -0.2) is 38.0 Å². The van der Waals surface area contributed by atoms with E-state index in [-0.39, 0.29) is 0 Å². The van der Waals surface area contributed by atoms with E-state index in [9.17, 15) is 0 Å². The van der Waals surface area contributed by atoms with E-state index in [0.717, 1.165) is 52.4 Å². The Labute approximate surface area is 128 Å². The molecule has 0 amide bonds.